The topological polar surface area (TPSA) is 76.0 Å². The van der Waals surface area contributed by atoms with Crippen LogP contribution in [0.3, 0.4) is 0 Å². The second kappa shape index (κ2) is 4.69. The van der Waals surface area contributed by atoms with E-state index < -0.39 is 6.10 Å². The predicted octanol–water partition coefficient (Wildman–Crippen LogP) is 0.562. The average Bonchev–Trinajstić information content (AvgIpc) is 2.22. The quantitative estimate of drug-likeness (QED) is 0.781. The number of nitrogens with zero attached hydrogens (tertiary/aromatic N) is 1. The van der Waals surface area contributed by atoms with Crippen LogP contribution in [-0.2, 0) is 0 Å². The standard InChI is InChI=1S/C11H14NO4/c13-9-2-1-3-10(4-9)16-7-11(14)8-5-12(15)6-8/h1-4,8,11,13-14H,5-7H2/q-1/t11-/m0/s1. The van der Waals surface area contributed by atoms with Crippen LogP contribution >= 0.6 is 0 Å². The third-order valence-corrected chi connectivity index (χ3v) is 2.66. The highest BCUT2D eigenvalue weighted by Gasteiger charge is 2.27. The smallest absolute Gasteiger partial charge is 0.123 e. The molecule has 0 bridgehead atoms. The molecule has 88 valence electrons. The van der Waals surface area contributed by atoms with Crippen molar-refractivity contribution in [1.29, 1.82) is 0 Å². The molecule has 1 aliphatic heterocycles. The number of aliphatic hydroxyl groups excluding tert-OH is 1. The van der Waals surface area contributed by atoms with Crippen LogP contribution in [0.4, 0.5) is 0 Å². The summed E-state index contributed by atoms with van der Waals surface area (Å²) in [4.78, 5) is 0. The van der Waals surface area contributed by atoms with E-state index in [1.807, 2.05) is 0 Å². The van der Waals surface area contributed by atoms with Crippen molar-refractivity contribution in [2.45, 2.75) is 6.10 Å². The van der Waals surface area contributed by atoms with Gasteiger partial charge in [-0.15, -0.1) is 0 Å². The highest BCUT2D eigenvalue weighted by Crippen LogP contribution is 2.21. The SMILES string of the molecule is [O-]N1CC([C@@H](O)COc2cccc(O)c2)C1. The molecule has 1 aromatic carbocycles. The molecule has 0 unspecified atom stereocenters. The Hall–Kier alpha value is -1.30. The Morgan fingerprint density at radius 2 is 2.25 bits per heavy atom. The highest BCUT2D eigenvalue weighted by atomic mass is 16.5. The van der Waals surface area contributed by atoms with Crippen molar-refractivity contribution in [3.05, 3.63) is 29.5 Å². The Bertz CT molecular complexity index is 352. The van der Waals surface area contributed by atoms with Crippen molar-refractivity contribution in [3.63, 3.8) is 0 Å². The molecule has 1 heterocycles. The van der Waals surface area contributed by atoms with Gasteiger partial charge in [-0.2, -0.15) is 0 Å². The molecular weight excluding hydrogens is 210 g/mol. The lowest BCUT2D eigenvalue weighted by molar-refractivity contribution is -0.00600. The van der Waals surface area contributed by atoms with Crippen LogP contribution in [0.1, 0.15) is 0 Å². The molecule has 2 rings (SSSR count). The van der Waals surface area contributed by atoms with E-state index in [9.17, 15) is 15.4 Å². The van der Waals surface area contributed by atoms with Crippen molar-refractivity contribution in [2.75, 3.05) is 19.7 Å². The van der Waals surface area contributed by atoms with Gasteiger partial charge in [0, 0.05) is 12.0 Å². The van der Waals surface area contributed by atoms with Crippen molar-refractivity contribution in [1.82, 2.24) is 5.06 Å². The van der Waals surface area contributed by atoms with Gasteiger partial charge in [-0.25, -0.2) is 0 Å². The lowest BCUT2D eigenvalue weighted by Crippen LogP contribution is -2.50. The van der Waals surface area contributed by atoms with Crippen molar-refractivity contribution in [3.8, 4) is 11.5 Å². The fraction of sp³-hybridized carbons (Fsp3) is 0.455. The van der Waals surface area contributed by atoms with E-state index in [1.165, 1.54) is 6.07 Å². The van der Waals surface area contributed by atoms with Crippen molar-refractivity contribution < 1.29 is 14.9 Å². The van der Waals surface area contributed by atoms with Crippen LogP contribution in [0.25, 0.3) is 0 Å². The summed E-state index contributed by atoms with van der Waals surface area (Å²) in [5.41, 5.74) is 0. The van der Waals surface area contributed by atoms with Crippen molar-refractivity contribution in [2.24, 2.45) is 5.92 Å². The summed E-state index contributed by atoms with van der Waals surface area (Å²) in [6.07, 6.45) is -0.632. The summed E-state index contributed by atoms with van der Waals surface area (Å²) in [5, 5.41) is 30.4. The normalized spacial score (nSPS) is 19.1. The molecule has 0 aliphatic carbocycles. The molecule has 1 fully saturated rings. The van der Waals surface area contributed by atoms with E-state index in [0.717, 1.165) is 5.06 Å². The number of hydrogen-bond acceptors (Lipinski definition) is 5. The highest BCUT2D eigenvalue weighted by molar-refractivity contribution is 5.31. The van der Waals surface area contributed by atoms with Crippen LogP contribution < -0.4 is 4.74 Å². The van der Waals surface area contributed by atoms with Crippen molar-refractivity contribution >= 4 is 0 Å². The number of hydrogen-bond donors (Lipinski definition) is 2. The van der Waals surface area contributed by atoms with Crippen LogP contribution in [0.15, 0.2) is 24.3 Å². The molecule has 1 aliphatic rings. The second-order valence-electron chi connectivity index (χ2n) is 3.98. The van der Waals surface area contributed by atoms with Crippen LogP contribution in [0.5, 0.6) is 11.5 Å². The minimum Gasteiger partial charge on any atom is -0.785 e. The number of ether oxygens (including phenoxy) is 1. The monoisotopic (exact) mass is 224 g/mol. The number of phenols is 1. The summed E-state index contributed by atoms with van der Waals surface area (Å²) in [7, 11) is 0. The van der Waals surface area contributed by atoms with Crippen LogP contribution in [0, 0.1) is 11.1 Å². The van der Waals surface area contributed by atoms with E-state index in [2.05, 4.69) is 0 Å². The fourth-order valence-corrected chi connectivity index (χ4v) is 1.60. The molecule has 1 saturated heterocycles. The third-order valence-electron chi connectivity index (χ3n) is 2.66. The molecular formula is C11H14NO4-. The summed E-state index contributed by atoms with van der Waals surface area (Å²) in [6.45, 7) is 0.872. The van der Waals surface area contributed by atoms with Gasteiger partial charge in [0.15, 0.2) is 0 Å². The van der Waals surface area contributed by atoms with E-state index >= 15 is 0 Å². The Morgan fingerprint density at radius 3 is 2.88 bits per heavy atom. The van der Waals surface area contributed by atoms with Gasteiger partial charge < -0.3 is 25.2 Å². The molecule has 2 N–H and O–H groups in total. The van der Waals surface area contributed by atoms with Gasteiger partial charge >= 0.3 is 0 Å². The number of hydroxylamine groups is 2. The molecule has 1 aromatic rings. The van der Waals surface area contributed by atoms with Crippen LogP contribution in [0.2, 0.25) is 0 Å². The zero-order valence-corrected chi connectivity index (χ0v) is 8.74. The van der Waals surface area contributed by atoms with Gasteiger partial charge in [0.1, 0.15) is 18.1 Å². The Labute approximate surface area is 93.5 Å². The minimum atomic E-state index is -0.632. The number of phenolic OH excluding ortho intramolecular Hbond substituents is 1. The molecule has 0 radical (unpaired) electrons. The summed E-state index contributed by atoms with van der Waals surface area (Å²) in [5.74, 6) is 0.633. The molecule has 0 aromatic heterocycles. The third kappa shape index (κ3) is 2.63. The number of rotatable bonds is 4. The van der Waals surface area contributed by atoms with E-state index in [1.54, 1.807) is 18.2 Å². The van der Waals surface area contributed by atoms with Crippen LogP contribution in [-0.4, -0.2) is 41.1 Å². The predicted molar refractivity (Wildman–Crippen MR) is 58.0 cm³/mol. The molecule has 0 spiro atoms. The summed E-state index contributed by atoms with van der Waals surface area (Å²) >= 11 is 0. The van der Waals surface area contributed by atoms with E-state index in [4.69, 9.17) is 4.74 Å². The molecule has 5 nitrogen and oxygen atoms in total. The molecule has 16 heavy (non-hydrogen) atoms. The van der Waals surface area contributed by atoms with E-state index in [0.29, 0.717) is 18.8 Å². The second-order valence-corrected chi connectivity index (χ2v) is 3.98. The zero-order chi connectivity index (χ0) is 11.5. The Balaban J connectivity index is 1.78. The molecule has 0 amide bonds. The minimum absolute atomic E-state index is 0.00481. The molecule has 5 heteroatoms. The van der Waals surface area contributed by atoms with E-state index in [-0.39, 0.29) is 18.3 Å². The fourth-order valence-electron chi connectivity index (χ4n) is 1.60. The number of aromatic hydroxyl groups is 1. The Kier molecular flexibility index (Phi) is 3.28. The maximum atomic E-state index is 10.7. The largest absolute Gasteiger partial charge is 0.785 e. The zero-order valence-electron chi connectivity index (χ0n) is 8.74. The lowest BCUT2D eigenvalue weighted by Gasteiger charge is -2.46. The first kappa shape index (κ1) is 11.2. The first-order valence-corrected chi connectivity index (χ1v) is 5.17. The number of benzene rings is 1. The first-order valence-electron chi connectivity index (χ1n) is 5.17. The van der Waals surface area contributed by atoms with Gasteiger partial charge in [0.2, 0.25) is 0 Å². The summed E-state index contributed by atoms with van der Waals surface area (Å²) in [6, 6.07) is 6.39. The first-order chi connectivity index (χ1) is 7.65. The van der Waals surface area contributed by atoms with Gasteiger partial charge in [-0.1, -0.05) is 6.07 Å². The maximum absolute atomic E-state index is 10.7. The maximum Gasteiger partial charge on any atom is 0.123 e. The average molecular weight is 224 g/mol. The molecule has 1 atom stereocenters. The lowest BCUT2D eigenvalue weighted by atomic mass is 9.96. The molecule has 0 saturated carbocycles. The van der Waals surface area contributed by atoms with Gasteiger partial charge in [-0.3, -0.25) is 0 Å². The Morgan fingerprint density at radius 1 is 1.50 bits per heavy atom. The number of aliphatic hydroxyl groups is 1. The van der Waals surface area contributed by atoms with Gasteiger partial charge in [0.25, 0.3) is 0 Å². The van der Waals surface area contributed by atoms with Gasteiger partial charge in [0.05, 0.1) is 6.10 Å². The summed E-state index contributed by atoms with van der Waals surface area (Å²) < 4.78 is 5.31. The van der Waals surface area contributed by atoms with Gasteiger partial charge in [-0.05, 0) is 25.2 Å².